The molecule has 0 aliphatic heterocycles. The Balaban J connectivity index is 1.69. The molecule has 2 aliphatic rings. The van der Waals surface area contributed by atoms with E-state index < -0.39 is 0 Å². The van der Waals surface area contributed by atoms with Crippen molar-refractivity contribution in [3.63, 3.8) is 0 Å². The quantitative estimate of drug-likeness (QED) is 0.736. The van der Waals surface area contributed by atoms with Crippen molar-refractivity contribution in [2.75, 3.05) is 6.54 Å². The zero-order valence-electron chi connectivity index (χ0n) is 10.4. The second-order valence-corrected chi connectivity index (χ2v) is 6.22. The Morgan fingerprint density at radius 1 is 1.47 bits per heavy atom. The molecule has 0 aromatic carbocycles. The van der Waals surface area contributed by atoms with E-state index in [0.717, 1.165) is 11.8 Å². The fraction of sp³-hybridized carbons (Fsp3) is 0.846. The van der Waals surface area contributed by atoms with Gasteiger partial charge < -0.3 is 11.1 Å². The number of hydrogen-bond acceptors (Lipinski definition) is 2. The molecule has 0 saturated heterocycles. The molecule has 0 spiro atoms. The van der Waals surface area contributed by atoms with Gasteiger partial charge in [-0.1, -0.05) is 25.6 Å². The van der Waals surface area contributed by atoms with Gasteiger partial charge in [-0.25, -0.2) is 0 Å². The average molecular weight is 254 g/mol. The van der Waals surface area contributed by atoms with Crippen molar-refractivity contribution in [1.82, 2.24) is 5.32 Å². The van der Waals surface area contributed by atoms with Gasteiger partial charge in [0.15, 0.2) is 0 Å². The maximum Gasteiger partial charge on any atom is 0.220 e. The van der Waals surface area contributed by atoms with Crippen LogP contribution in [0.5, 0.6) is 0 Å². The van der Waals surface area contributed by atoms with Crippen molar-refractivity contribution < 1.29 is 4.79 Å². The first kappa shape index (κ1) is 12.8. The first-order valence-electron chi connectivity index (χ1n) is 6.62. The van der Waals surface area contributed by atoms with E-state index >= 15 is 0 Å². The molecule has 0 heterocycles. The Kier molecular flexibility index (Phi) is 4.02. The highest BCUT2D eigenvalue weighted by molar-refractivity contribution is 7.80. The van der Waals surface area contributed by atoms with Crippen LogP contribution in [0.1, 0.15) is 39.0 Å². The molecule has 3 nitrogen and oxygen atoms in total. The second kappa shape index (κ2) is 5.34. The summed E-state index contributed by atoms with van der Waals surface area (Å²) in [6, 6.07) is 0. The van der Waals surface area contributed by atoms with Crippen LogP contribution in [0.25, 0.3) is 0 Å². The first-order chi connectivity index (χ1) is 8.06. The summed E-state index contributed by atoms with van der Waals surface area (Å²) in [6.07, 6.45) is 6.06. The molecule has 3 N–H and O–H groups in total. The van der Waals surface area contributed by atoms with Crippen LogP contribution in [0.3, 0.4) is 0 Å². The lowest BCUT2D eigenvalue weighted by molar-refractivity contribution is -0.122. The maximum atomic E-state index is 11.8. The summed E-state index contributed by atoms with van der Waals surface area (Å²) in [4.78, 5) is 12.3. The summed E-state index contributed by atoms with van der Waals surface area (Å²) in [5, 5.41) is 2.94. The van der Waals surface area contributed by atoms with Gasteiger partial charge in [0.1, 0.15) is 0 Å². The third kappa shape index (κ3) is 3.18. The van der Waals surface area contributed by atoms with Gasteiger partial charge in [0.25, 0.3) is 0 Å². The molecule has 4 unspecified atom stereocenters. The van der Waals surface area contributed by atoms with Gasteiger partial charge in [0, 0.05) is 18.9 Å². The molecule has 0 aromatic heterocycles. The lowest BCUT2D eigenvalue weighted by atomic mass is 9.86. The Morgan fingerprint density at radius 3 is 2.76 bits per heavy atom. The number of nitrogens with two attached hydrogens (primary N) is 1. The van der Waals surface area contributed by atoms with Crippen LogP contribution in [0.4, 0.5) is 0 Å². The van der Waals surface area contributed by atoms with Gasteiger partial charge in [0.05, 0.1) is 4.99 Å². The molecular formula is C13H22N2OS. The van der Waals surface area contributed by atoms with Crippen molar-refractivity contribution in [2.24, 2.45) is 29.4 Å². The van der Waals surface area contributed by atoms with Crippen molar-refractivity contribution in [3.05, 3.63) is 0 Å². The lowest BCUT2D eigenvalue weighted by Crippen LogP contribution is -2.34. The van der Waals surface area contributed by atoms with E-state index in [-0.39, 0.29) is 11.8 Å². The van der Waals surface area contributed by atoms with E-state index in [4.69, 9.17) is 18.0 Å². The fourth-order valence-electron chi connectivity index (χ4n) is 3.30. The lowest BCUT2D eigenvalue weighted by Gasteiger charge is -2.21. The molecule has 0 radical (unpaired) electrons. The topological polar surface area (TPSA) is 55.1 Å². The Bertz CT molecular complexity index is 319. The molecule has 2 bridgehead atoms. The molecule has 96 valence electrons. The number of thiocarbonyl (C=S) groups is 1. The molecule has 2 aliphatic carbocycles. The van der Waals surface area contributed by atoms with Crippen LogP contribution in [0.15, 0.2) is 0 Å². The number of amides is 1. The summed E-state index contributed by atoms with van der Waals surface area (Å²) in [5.74, 6) is 2.63. The number of hydrogen-bond donors (Lipinski definition) is 2. The molecule has 2 saturated carbocycles. The van der Waals surface area contributed by atoms with E-state index in [2.05, 4.69) is 5.32 Å². The largest absolute Gasteiger partial charge is 0.393 e. The van der Waals surface area contributed by atoms with Crippen LogP contribution in [-0.2, 0) is 4.79 Å². The minimum Gasteiger partial charge on any atom is -0.393 e. The highest BCUT2D eigenvalue weighted by Gasteiger charge is 2.39. The SMILES string of the molecule is CC(CNC(=O)CC1CC2CCC1C2)C(N)=S. The summed E-state index contributed by atoms with van der Waals surface area (Å²) in [7, 11) is 0. The fourth-order valence-corrected chi connectivity index (χ4v) is 3.39. The highest BCUT2D eigenvalue weighted by atomic mass is 32.1. The predicted molar refractivity (Wildman–Crippen MR) is 72.5 cm³/mol. The van der Waals surface area contributed by atoms with E-state index in [0.29, 0.717) is 23.9 Å². The molecule has 4 atom stereocenters. The smallest absolute Gasteiger partial charge is 0.220 e. The Morgan fingerprint density at radius 2 is 2.24 bits per heavy atom. The van der Waals surface area contributed by atoms with E-state index in [1.54, 1.807) is 0 Å². The molecule has 2 fully saturated rings. The van der Waals surface area contributed by atoms with Crippen molar-refractivity contribution in [1.29, 1.82) is 0 Å². The van der Waals surface area contributed by atoms with E-state index in [9.17, 15) is 4.79 Å². The first-order valence-corrected chi connectivity index (χ1v) is 7.03. The normalized spacial score (nSPS) is 32.4. The van der Waals surface area contributed by atoms with Crippen LogP contribution < -0.4 is 11.1 Å². The van der Waals surface area contributed by atoms with Gasteiger partial charge in [-0.05, 0) is 37.0 Å². The zero-order chi connectivity index (χ0) is 12.4. The Labute approximate surface area is 109 Å². The third-order valence-corrected chi connectivity index (χ3v) is 4.83. The predicted octanol–water partition coefficient (Wildman–Crippen LogP) is 1.85. The highest BCUT2D eigenvalue weighted by Crippen LogP contribution is 2.49. The van der Waals surface area contributed by atoms with E-state index in [1.807, 2.05) is 6.92 Å². The minimum atomic E-state index is 0.0916. The summed E-state index contributed by atoms with van der Waals surface area (Å²) < 4.78 is 0. The van der Waals surface area contributed by atoms with Crippen molar-refractivity contribution in [2.45, 2.75) is 39.0 Å². The summed E-state index contributed by atoms with van der Waals surface area (Å²) >= 11 is 4.88. The molecule has 1 amide bonds. The molecule has 17 heavy (non-hydrogen) atoms. The summed E-state index contributed by atoms with van der Waals surface area (Å²) in [6.45, 7) is 2.52. The van der Waals surface area contributed by atoms with Gasteiger partial charge in [-0.2, -0.15) is 0 Å². The molecule has 0 aromatic rings. The molecule has 2 rings (SSSR count). The number of carbonyl (C=O) groups excluding carboxylic acids is 1. The monoisotopic (exact) mass is 254 g/mol. The summed E-state index contributed by atoms with van der Waals surface area (Å²) in [5.41, 5.74) is 5.52. The van der Waals surface area contributed by atoms with Gasteiger partial charge in [-0.3, -0.25) is 4.79 Å². The number of carbonyl (C=O) groups is 1. The van der Waals surface area contributed by atoms with Crippen molar-refractivity contribution >= 4 is 23.1 Å². The van der Waals surface area contributed by atoms with Crippen LogP contribution in [0.2, 0.25) is 0 Å². The standard InChI is InChI=1S/C13H22N2OS/c1-8(13(14)17)7-15-12(16)6-11-5-9-2-3-10(11)4-9/h8-11H,2-7H2,1H3,(H2,14,17)(H,15,16). The van der Waals surface area contributed by atoms with Crippen LogP contribution >= 0.6 is 12.2 Å². The van der Waals surface area contributed by atoms with Gasteiger partial charge in [-0.15, -0.1) is 0 Å². The zero-order valence-corrected chi connectivity index (χ0v) is 11.3. The number of nitrogens with one attached hydrogen (secondary N) is 1. The van der Waals surface area contributed by atoms with Crippen LogP contribution in [-0.4, -0.2) is 17.4 Å². The van der Waals surface area contributed by atoms with Crippen molar-refractivity contribution in [3.8, 4) is 0 Å². The Hall–Kier alpha value is -0.640. The average Bonchev–Trinajstić information content (AvgIpc) is 2.87. The van der Waals surface area contributed by atoms with E-state index in [1.165, 1.54) is 25.7 Å². The maximum absolute atomic E-state index is 11.8. The van der Waals surface area contributed by atoms with Crippen LogP contribution in [0, 0.1) is 23.7 Å². The van der Waals surface area contributed by atoms with Gasteiger partial charge >= 0.3 is 0 Å². The minimum absolute atomic E-state index is 0.0916. The third-order valence-electron chi connectivity index (χ3n) is 4.42. The number of rotatable bonds is 5. The number of fused-ring (bicyclic) bond motifs is 2. The molecule has 4 heteroatoms. The second-order valence-electron chi connectivity index (χ2n) is 5.75. The van der Waals surface area contributed by atoms with Gasteiger partial charge in [0.2, 0.25) is 5.91 Å². The molecular weight excluding hydrogens is 232 g/mol.